The maximum absolute atomic E-state index is 13.2. The van der Waals surface area contributed by atoms with E-state index in [9.17, 15) is 9.18 Å². The molecule has 26 heavy (non-hydrogen) atoms. The fraction of sp³-hybridized carbons (Fsp3) is 0.474. The molecule has 1 fully saturated rings. The minimum atomic E-state index is -0.283. The van der Waals surface area contributed by atoms with Gasteiger partial charge in [-0.05, 0) is 63.0 Å². The zero-order chi connectivity index (χ0) is 17.8. The fourth-order valence-corrected chi connectivity index (χ4v) is 3.50. The number of nitrogens with zero attached hydrogens (tertiary/aromatic N) is 3. The third-order valence-electron chi connectivity index (χ3n) is 4.90. The molecule has 142 valence electrons. The number of hydrogen-bond acceptors (Lipinski definition) is 3. The van der Waals surface area contributed by atoms with Crippen molar-refractivity contribution in [3.05, 3.63) is 47.5 Å². The van der Waals surface area contributed by atoms with Gasteiger partial charge in [0.1, 0.15) is 5.82 Å². The molecule has 0 atom stereocenters. The summed E-state index contributed by atoms with van der Waals surface area (Å²) in [6, 6.07) is 6.17. The molecule has 0 bridgehead atoms. The summed E-state index contributed by atoms with van der Waals surface area (Å²) in [5, 5.41) is 7.60. The molecule has 1 aliphatic rings. The zero-order valence-corrected chi connectivity index (χ0v) is 16.1. The molecule has 1 amide bonds. The molecule has 0 saturated carbocycles. The van der Waals surface area contributed by atoms with Crippen LogP contribution in [0.5, 0.6) is 0 Å². The van der Waals surface area contributed by atoms with Crippen LogP contribution in [0, 0.1) is 11.7 Å². The van der Waals surface area contributed by atoms with Gasteiger partial charge in [0.15, 0.2) is 0 Å². The number of likely N-dealkylation sites (tertiary alicyclic amines) is 1. The minimum absolute atomic E-state index is 0. The number of halogens is 2. The maximum Gasteiger partial charge on any atom is 0.257 e. The van der Waals surface area contributed by atoms with Crippen molar-refractivity contribution in [2.45, 2.75) is 26.2 Å². The molecular weight excluding hydrogens is 355 g/mol. The smallest absolute Gasteiger partial charge is 0.257 e. The Morgan fingerprint density at radius 3 is 2.50 bits per heavy atom. The number of hydrogen-bond donors (Lipinski definition) is 1. The molecule has 1 saturated heterocycles. The molecule has 7 heteroatoms. The van der Waals surface area contributed by atoms with Crippen LogP contribution in [0.15, 0.2) is 30.5 Å². The molecule has 2 heterocycles. The van der Waals surface area contributed by atoms with E-state index in [4.69, 9.17) is 0 Å². The van der Waals surface area contributed by atoms with E-state index < -0.39 is 0 Å². The average Bonchev–Trinajstić information content (AvgIpc) is 3.06. The van der Waals surface area contributed by atoms with Crippen LogP contribution < -0.4 is 5.32 Å². The van der Waals surface area contributed by atoms with Gasteiger partial charge in [-0.1, -0.05) is 6.92 Å². The third kappa shape index (κ3) is 4.24. The highest BCUT2D eigenvalue weighted by molar-refractivity contribution is 5.95. The van der Waals surface area contributed by atoms with Gasteiger partial charge in [-0.2, -0.15) is 5.10 Å². The van der Waals surface area contributed by atoms with Crippen molar-refractivity contribution in [3.63, 3.8) is 0 Å². The average molecular weight is 381 g/mol. The number of aromatic nitrogens is 2. The first kappa shape index (κ1) is 20.4. The normalized spacial score (nSPS) is 15.0. The second kappa shape index (κ2) is 9.14. The second-order valence-corrected chi connectivity index (χ2v) is 6.54. The summed E-state index contributed by atoms with van der Waals surface area (Å²) in [5.74, 6) is 0.407. The molecule has 0 aliphatic carbocycles. The van der Waals surface area contributed by atoms with Gasteiger partial charge >= 0.3 is 0 Å². The molecule has 1 aliphatic heterocycles. The second-order valence-electron chi connectivity index (χ2n) is 6.54. The van der Waals surface area contributed by atoms with Gasteiger partial charge in [0.2, 0.25) is 0 Å². The van der Waals surface area contributed by atoms with Crippen molar-refractivity contribution in [1.29, 1.82) is 0 Å². The van der Waals surface area contributed by atoms with Gasteiger partial charge in [-0.15, -0.1) is 12.4 Å². The number of carbonyl (C=O) groups is 1. The molecule has 0 spiro atoms. The lowest BCUT2D eigenvalue weighted by atomic mass is 9.96. The van der Waals surface area contributed by atoms with Crippen molar-refractivity contribution in [1.82, 2.24) is 20.0 Å². The van der Waals surface area contributed by atoms with Crippen LogP contribution in [-0.2, 0) is 6.42 Å². The van der Waals surface area contributed by atoms with E-state index >= 15 is 0 Å². The zero-order valence-electron chi connectivity index (χ0n) is 15.2. The summed E-state index contributed by atoms with van der Waals surface area (Å²) in [4.78, 5) is 14.9. The van der Waals surface area contributed by atoms with Crippen molar-refractivity contribution in [2.24, 2.45) is 5.92 Å². The van der Waals surface area contributed by atoms with Gasteiger partial charge in [0.25, 0.3) is 5.91 Å². The quantitative estimate of drug-likeness (QED) is 0.867. The highest BCUT2D eigenvalue weighted by Gasteiger charge is 2.26. The van der Waals surface area contributed by atoms with E-state index in [0.29, 0.717) is 17.9 Å². The summed E-state index contributed by atoms with van der Waals surface area (Å²) >= 11 is 0. The molecule has 3 rings (SSSR count). The first-order chi connectivity index (χ1) is 12.1. The van der Waals surface area contributed by atoms with Crippen LogP contribution in [0.2, 0.25) is 0 Å². The maximum atomic E-state index is 13.2. The number of nitrogens with one attached hydrogen (secondary N) is 1. The molecule has 2 aromatic rings. The fourth-order valence-electron chi connectivity index (χ4n) is 3.50. The van der Waals surface area contributed by atoms with Crippen LogP contribution in [-0.4, -0.2) is 47.3 Å². The topological polar surface area (TPSA) is 50.2 Å². The molecular formula is C19H26ClFN4O. The van der Waals surface area contributed by atoms with Crippen LogP contribution in [0.1, 0.15) is 35.8 Å². The first-order valence-corrected chi connectivity index (χ1v) is 8.90. The Balaban J connectivity index is 0.00000243. The van der Waals surface area contributed by atoms with E-state index in [0.717, 1.165) is 43.9 Å². The van der Waals surface area contributed by atoms with Crippen LogP contribution in [0.3, 0.4) is 0 Å². The molecule has 1 aromatic heterocycles. The van der Waals surface area contributed by atoms with Crippen LogP contribution in [0.25, 0.3) is 5.69 Å². The monoisotopic (exact) mass is 380 g/mol. The van der Waals surface area contributed by atoms with Crippen molar-refractivity contribution >= 4 is 18.3 Å². The van der Waals surface area contributed by atoms with E-state index in [1.807, 2.05) is 18.9 Å². The van der Waals surface area contributed by atoms with Gasteiger partial charge in [0.05, 0.1) is 23.1 Å². The Bertz CT molecular complexity index is 724. The third-order valence-corrected chi connectivity index (χ3v) is 4.90. The van der Waals surface area contributed by atoms with Gasteiger partial charge in [0, 0.05) is 13.1 Å². The van der Waals surface area contributed by atoms with Gasteiger partial charge in [-0.25, -0.2) is 9.07 Å². The van der Waals surface area contributed by atoms with E-state index in [1.165, 1.54) is 12.1 Å². The Morgan fingerprint density at radius 1 is 1.27 bits per heavy atom. The highest BCUT2D eigenvalue weighted by Crippen LogP contribution is 2.22. The van der Waals surface area contributed by atoms with Gasteiger partial charge < -0.3 is 10.2 Å². The Labute approximate surface area is 160 Å². The van der Waals surface area contributed by atoms with Crippen LogP contribution >= 0.6 is 12.4 Å². The first-order valence-electron chi connectivity index (χ1n) is 8.90. The lowest BCUT2D eigenvalue weighted by Gasteiger charge is -2.32. The summed E-state index contributed by atoms with van der Waals surface area (Å²) in [6.45, 7) is 4.59. The predicted octanol–water partition coefficient (Wildman–Crippen LogP) is 3.07. The minimum Gasteiger partial charge on any atom is -0.339 e. The molecule has 0 radical (unpaired) electrons. The number of rotatable bonds is 5. The summed E-state index contributed by atoms with van der Waals surface area (Å²) in [5.41, 5.74) is 2.29. The number of carbonyl (C=O) groups excluding carboxylic acids is 1. The molecule has 1 aromatic carbocycles. The van der Waals surface area contributed by atoms with Crippen molar-refractivity contribution in [3.8, 4) is 5.69 Å². The number of benzene rings is 1. The summed E-state index contributed by atoms with van der Waals surface area (Å²) in [6.07, 6.45) is 4.39. The van der Waals surface area contributed by atoms with Crippen molar-refractivity contribution in [2.75, 3.05) is 26.7 Å². The van der Waals surface area contributed by atoms with Gasteiger partial charge in [-0.3, -0.25) is 4.79 Å². The largest absolute Gasteiger partial charge is 0.339 e. The predicted molar refractivity (Wildman–Crippen MR) is 103 cm³/mol. The summed E-state index contributed by atoms with van der Waals surface area (Å²) < 4.78 is 14.9. The molecule has 1 N–H and O–H groups in total. The number of amides is 1. The number of piperidine rings is 1. The lowest BCUT2D eigenvalue weighted by molar-refractivity contribution is 0.0690. The Kier molecular flexibility index (Phi) is 7.17. The van der Waals surface area contributed by atoms with Crippen LogP contribution in [0.4, 0.5) is 4.39 Å². The SMILES string of the molecule is CCc1c(C(=O)N2CCC(CNC)CC2)cnn1-c1ccc(F)cc1.Cl. The molecule has 0 unspecified atom stereocenters. The van der Waals surface area contributed by atoms with E-state index in [-0.39, 0.29) is 24.1 Å². The Hall–Kier alpha value is -1.92. The standard InChI is InChI=1S/C19H25FN4O.ClH/c1-3-18-17(13-22-24(18)16-6-4-15(20)5-7-16)19(25)23-10-8-14(9-11-23)12-21-2;/h4-7,13-14,21H,3,8-12H2,1-2H3;1H. The molecule has 5 nitrogen and oxygen atoms in total. The van der Waals surface area contributed by atoms with Crippen molar-refractivity contribution < 1.29 is 9.18 Å². The Morgan fingerprint density at radius 2 is 1.92 bits per heavy atom. The summed E-state index contributed by atoms with van der Waals surface area (Å²) in [7, 11) is 1.97. The highest BCUT2D eigenvalue weighted by atomic mass is 35.5. The van der Waals surface area contributed by atoms with E-state index in [1.54, 1.807) is 23.0 Å². The lowest BCUT2D eigenvalue weighted by Crippen LogP contribution is -2.40. The van der Waals surface area contributed by atoms with E-state index in [2.05, 4.69) is 10.4 Å².